The van der Waals surface area contributed by atoms with Crippen LogP contribution in [0.15, 0.2) is 40.0 Å². The summed E-state index contributed by atoms with van der Waals surface area (Å²) in [6.45, 7) is 0. The minimum Gasteiger partial charge on any atom is -0.357 e. The normalized spacial score (nSPS) is 10.7. The van der Waals surface area contributed by atoms with Gasteiger partial charge in [-0.15, -0.1) is 0 Å². The second-order valence-electron chi connectivity index (χ2n) is 3.43. The van der Waals surface area contributed by atoms with Crippen LogP contribution in [0.4, 0.5) is 5.95 Å². The molecule has 0 saturated carbocycles. The maximum Gasteiger partial charge on any atom is 0.224 e. The molecule has 2 aromatic heterocycles. The van der Waals surface area contributed by atoms with Gasteiger partial charge in [-0.2, -0.15) is 4.37 Å². The van der Waals surface area contributed by atoms with E-state index in [1.807, 2.05) is 31.3 Å². The minimum atomic E-state index is 0.612. The molecule has 3 aromatic rings. The van der Waals surface area contributed by atoms with Crippen LogP contribution in [0, 0.1) is 0 Å². The number of para-hydroxylation sites is 1. The van der Waals surface area contributed by atoms with Gasteiger partial charge in [0.1, 0.15) is 11.4 Å². The molecule has 7 heteroatoms. The van der Waals surface area contributed by atoms with Gasteiger partial charge in [0.25, 0.3) is 0 Å². The summed E-state index contributed by atoms with van der Waals surface area (Å²) in [5.74, 6) is 0.612. The van der Waals surface area contributed by atoms with Gasteiger partial charge in [0.05, 0.1) is 5.52 Å². The Balaban J connectivity index is 2.13. The second-order valence-corrected chi connectivity index (χ2v) is 5.44. The van der Waals surface area contributed by atoms with Crippen LogP contribution in [0.1, 0.15) is 0 Å². The lowest BCUT2D eigenvalue weighted by Crippen LogP contribution is -1.98. The molecule has 5 nitrogen and oxygen atoms in total. The second kappa shape index (κ2) is 4.87. The molecular formula is C11H9N5S2. The van der Waals surface area contributed by atoms with Crippen LogP contribution in [0.25, 0.3) is 10.9 Å². The van der Waals surface area contributed by atoms with Gasteiger partial charge in [0.15, 0.2) is 4.34 Å². The first kappa shape index (κ1) is 11.4. The SMILES string of the molecule is CNc1nc(Sc2ncns2)c2ccccc2n1. The summed E-state index contributed by atoms with van der Waals surface area (Å²) in [5, 5.41) is 4.89. The third-order valence-electron chi connectivity index (χ3n) is 2.32. The fourth-order valence-electron chi connectivity index (χ4n) is 1.53. The first-order valence-electron chi connectivity index (χ1n) is 5.26. The number of anilines is 1. The molecule has 0 radical (unpaired) electrons. The molecule has 18 heavy (non-hydrogen) atoms. The molecule has 0 fully saturated rings. The molecule has 1 aromatic carbocycles. The highest BCUT2D eigenvalue weighted by molar-refractivity contribution is 8.01. The zero-order valence-electron chi connectivity index (χ0n) is 9.49. The first-order chi connectivity index (χ1) is 8.86. The Bertz CT molecular complexity index is 668. The molecule has 0 aliphatic heterocycles. The van der Waals surface area contributed by atoms with Crippen LogP contribution in [-0.2, 0) is 0 Å². The van der Waals surface area contributed by atoms with Gasteiger partial charge < -0.3 is 5.32 Å². The van der Waals surface area contributed by atoms with E-state index in [-0.39, 0.29) is 0 Å². The molecule has 0 spiro atoms. The van der Waals surface area contributed by atoms with E-state index in [4.69, 9.17) is 0 Å². The van der Waals surface area contributed by atoms with E-state index in [2.05, 4.69) is 24.6 Å². The van der Waals surface area contributed by atoms with Crippen molar-refractivity contribution in [3.05, 3.63) is 30.6 Å². The Morgan fingerprint density at radius 2 is 2.11 bits per heavy atom. The van der Waals surface area contributed by atoms with E-state index < -0.39 is 0 Å². The number of nitrogens with zero attached hydrogens (tertiary/aromatic N) is 4. The Hall–Kier alpha value is -1.73. The smallest absolute Gasteiger partial charge is 0.224 e. The van der Waals surface area contributed by atoms with Gasteiger partial charge >= 0.3 is 0 Å². The fraction of sp³-hybridized carbons (Fsp3) is 0.0909. The van der Waals surface area contributed by atoms with E-state index in [0.717, 1.165) is 20.3 Å². The highest BCUT2D eigenvalue weighted by Gasteiger charge is 2.09. The summed E-state index contributed by atoms with van der Waals surface area (Å²) in [4.78, 5) is 13.1. The van der Waals surface area contributed by atoms with Crippen LogP contribution in [0.3, 0.4) is 0 Å². The van der Waals surface area contributed by atoms with E-state index in [1.165, 1.54) is 23.3 Å². The zero-order chi connectivity index (χ0) is 12.4. The van der Waals surface area contributed by atoms with Gasteiger partial charge in [0.2, 0.25) is 5.95 Å². The molecule has 0 bridgehead atoms. The lowest BCUT2D eigenvalue weighted by atomic mass is 10.2. The number of hydrogen-bond acceptors (Lipinski definition) is 7. The van der Waals surface area contributed by atoms with Gasteiger partial charge in [-0.1, -0.05) is 18.2 Å². The van der Waals surface area contributed by atoms with Crippen molar-refractivity contribution >= 4 is 40.1 Å². The minimum absolute atomic E-state index is 0.612. The van der Waals surface area contributed by atoms with Crippen molar-refractivity contribution in [3.8, 4) is 0 Å². The lowest BCUT2D eigenvalue weighted by molar-refractivity contribution is 1.09. The van der Waals surface area contributed by atoms with Gasteiger partial charge in [-0.3, -0.25) is 0 Å². The predicted octanol–water partition coefficient (Wildman–Crippen LogP) is 2.67. The molecule has 0 aliphatic rings. The topological polar surface area (TPSA) is 63.6 Å². The lowest BCUT2D eigenvalue weighted by Gasteiger charge is -2.05. The Morgan fingerprint density at radius 1 is 1.22 bits per heavy atom. The summed E-state index contributed by atoms with van der Waals surface area (Å²) in [6, 6.07) is 7.93. The Morgan fingerprint density at radius 3 is 2.89 bits per heavy atom. The summed E-state index contributed by atoms with van der Waals surface area (Å²) in [7, 11) is 1.81. The maximum atomic E-state index is 4.47. The largest absolute Gasteiger partial charge is 0.357 e. The summed E-state index contributed by atoms with van der Waals surface area (Å²) >= 11 is 2.87. The summed E-state index contributed by atoms with van der Waals surface area (Å²) < 4.78 is 4.87. The quantitative estimate of drug-likeness (QED) is 0.741. The molecule has 0 aliphatic carbocycles. The summed E-state index contributed by atoms with van der Waals surface area (Å²) in [6.07, 6.45) is 1.55. The average molecular weight is 275 g/mol. The van der Waals surface area contributed by atoms with Crippen LogP contribution < -0.4 is 5.32 Å². The van der Waals surface area contributed by atoms with Crippen LogP contribution in [-0.4, -0.2) is 26.4 Å². The molecule has 1 N–H and O–H groups in total. The molecule has 0 unspecified atom stereocenters. The third-order valence-corrected chi connectivity index (χ3v) is 4.04. The third kappa shape index (κ3) is 2.14. The highest BCUT2D eigenvalue weighted by Crippen LogP contribution is 2.32. The van der Waals surface area contributed by atoms with Gasteiger partial charge in [-0.25, -0.2) is 15.0 Å². The number of benzene rings is 1. The van der Waals surface area contributed by atoms with Crippen molar-refractivity contribution in [2.75, 3.05) is 12.4 Å². The summed E-state index contributed by atoms with van der Waals surface area (Å²) in [5.41, 5.74) is 0.920. The van der Waals surface area contributed by atoms with Crippen molar-refractivity contribution in [2.24, 2.45) is 0 Å². The van der Waals surface area contributed by atoms with Gasteiger partial charge in [-0.05, 0) is 29.4 Å². The number of fused-ring (bicyclic) bond motifs is 1. The molecule has 0 saturated heterocycles. The number of nitrogens with one attached hydrogen (secondary N) is 1. The van der Waals surface area contributed by atoms with Crippen LogP contribution in [0.5, 0.6) is 0 Å². The highest BCUT2D eigenvalue weighted by atomic mass is 32.2. The van der Waals surface area contributed by atoms with Crippen molar-refractivity contribution in [1.29, 1.82) is 0 Å². The van der Waals surface area contributed by atoms with Gasteiger partial charge in [0, 0.05) is 12.4 Å². The van der Waals surface area contributed by atoms with E-state index in [1.54, 1.807) is 6.33 Å². The number of aromatic nitrogens is 4. The Kier molecular flexibility index (Phi) is 3.07. The fourth-order valence-corrected chi connectivity index (χ4v) is 3.00. The molecule has 0 amide bonds. The van der Waals surface area contributed by atoms with E-state index in [9.17, 15) is 0 Å². The van der Waals surface area contributed by atoms with Crippen molar-refractivity contribution in [1.82, 2.24) is 19.3 Å². The molecule has 2 heterocycles. The van der Waals surface area contributed by atoms with Crippen molar-refractivity contribution in [3.63, 3.8) is 0 Å². The van der Waals surface area contributed by atoms with Crippen molar-refractivity contribution in [2.45, 2.75) is 9.37 Å². The van der Waals surface area contributed by atoms with Crippen molar-refractivity contribution < 1.29 is 0 Å². The predicted molar refractivity (Wildman–Crippen MR) is 73.1 cm³/mol. The zero-order valence-corrected chi connectivity index (χ0v) is 11.1. The molecule has 0 atom stereocenters. The number of rotatable bonds is 3. The molecular weight excluding hydrogens is 266 g/mol. The van der Waals surface area contributed by atoms with Crippen LogP contribution >= 0.6 is 23.3 Å². The maximum absolute atomic E-state index is 4.47. The standard InChI is InChI=1S/C11H9N5S2/c1-12-10-15-8-5-3-2-4-7(8)9(16-10)17-11-13-6-14-18-11/h2-6H,1H3,(H,12,15,16). The average Bonchev–Trinajstić information content (AvgIpc) is 2.91. The monoisotopic (exact) mass is 275 g/mol. The van der Waals surface area contributed by atoms with E-state index in [0.29, 0.717) is 5.95 Å². The molecule has 3 rings (SSSR count). The van der Waals surface area contributed by atoms with Crippen LogP contribution in [0.2, 0.25) is 0 Å². The van der Waals surface area contributed by atoms with E-state index >= 15 is 0 Å². The first-order valence-corrected chi connectivity index (χ1v) is 6.85. The number of hydrogen-bond donors (Lipinski definition) is 1. The molecule has 90 valence electrons. The Labute approximate surface area is 112 Å².